The molecule has 5 heteroatoms. The van der Waals surface area contributed by atoms with Gasteiger partial charge in [-0.25, -0.2) is 4.98 Å². The summed E-state index contributed by atoms with van der Waals surface area (Å²) in [5.74, 6) is -0.0675. The minimum Gasteiger partial charge on any atom is -0.395 e. The molecule has 0 aliphatic carbocycles. The molecule has 82 valence electrons. The maximum atomic E-state index is 11.5. The second-order valence-electron chi connectivity index (χ2n) is 3.46. The molecular formula is C10H15N3O2. The number of hydrogen-bond donors (Lipinski definition) is 2. The molecular weight excluding hydrogens is 194 g/mol. The lowest BCUT2D eigenvalue weighted by atomic mass is 10.1. The van der Waals surface area contributed by atoms with Crippen molar-refractivity contribution in [2.24, 2.45) is 0 Å². The molecule has 2 N–H and O–H groups in total. The van der Waals surface area contributed by atoms with Crippen LogP contribution in [0.3, 0.4) is 0 Å². The molecule has 0 atom stereocenters. The monoisotopic (exact) mass is 209 g/mol. The Morgan fingerprint density at radius 3 is 2.87 bits per heavy atom. The van der Waals surface area contributed by atoms with Gasteiger partial charge in [0, 0.05) is 12.7 Å². The van der Waals surface area contributed by atoms with Crippen LogP contribution in [0.15, 0.2) is 12.4 Å². The van der Waals surface area contributed by atoms with E-state index in [1.807, 2.05) is 13.8 Å². The molecule has 0 aliphatic heterocycles. The Kier molecular flexibility index (Phi) is 4.17. The fourth-order valence-electron chi connectivity index (χ4n) is 1.03. The molecule has 0 saturated carbocycles. The first-order valence-electron chi connectivity index (χ1n) is 4.86. The van der Waals surface area contributed by atoms with Gasteiger partial charge in [0.1, 0.15) is 5.69 Å². The maximum absolute atomic E-state index is 11.5. The van der Waals surface area contributed by atoms with Crippen molar-refractivity contribution < 1.29 is 9.90 Å². The molecule has 0 fully saturated rings. The third-order valence-corrected chi connectivity index (χ3v) is 1.87. The van der Waals surface area contributed by atoms with E-state index in [1.165, 1.54) is 6.20 Å². The Morgan fingerprint density at radius 2 is 2.27 bits per heavy atom. The fraction of sp³-hybridized carbons (Fsp3) is 0.500. The first kappa shape index (κ1) is 11.6. The van der Waals surface area contributed by atoms with Crippen LogP contribution in [0.4, 0.5) is 0 Å². The van der Waals surface area contributed by atoms with E-state index in [2.05, 4.69) is 15.3 Å². The Balaban J connectivity index is 2.76. The Hall–Kier alpha value is -1.49. The van der Waals surface area contributed by atoms with E-state index in [4.69, 9.17) is 5.11 Å². The third-order valence-electron chi connectivity index (χ3n) is 1.87. The Bertz CT molecular complexity index is 339. The summed E-state index contributed by atoms with van der Waals surface area (Å²) in [5.41, 5.74) is 1.07. The predicted octanol–water partition coefficient (Wildman–Crippen LogP) is 0.322. The molecule has 0 aromatic carbocycles. The fourth-order valence-corrected chi connectivity index (χ4v) is 1.03. The van der Waals surface area contributed by atoms with Crippen molar-refractivity contribution in [1.82, 2.24) is 15.3 Å². The summed E-state index contributed by atoms with van der Waals surface area (Å²) in [6.45, 7) is 4.12. The number of carbonyl (C=O) groups is 1. The van der Waals surface area contributed by atoms with Crippen LogP contribution in [-0.4, -0.2) is 34.1 Å². The Morgan fingerprint density at radius 1 is 1.53 bits per heavy atom. The summed E-state index contributed by atoms with van der Waals surface area (Å²) in [6, 6.07) is 0. The smallest absolute Gasteiger partial charge is 0.271 e. The lowest BCUT2D eigenvalue weighted by molar-refractivity contribution is 0.0939. The van der Waals surface area contributed by atoms with Crippen molar-refractivity contribution in [3.63, 3.8) is 0 Å². The molecule has 1 rings (SSSR count). The molecule has 1 heterocycles. The second-order valence-corrected chi connectivity index (χ2v) is 3.46. The van der Waals surface area contributed by atoms with Gasteiger partial charge in [-0.05, 0) is 5.92 Å². The third kappa shape index (κ3) is 3.28. The largest absolute Gasteiger partial charge is 0.395 e. The molecule has 1 amide bonds. The molecule has 0 spiro atoms. The topological polar surface area (TPSA) is 75.1 Å². The highest BCUT2D eigenvalue weighted by Gasteiger charge is 2.09. The van der Waals surface area contributed by atoms with E-state index < -0.39 is 0 Å². The minimum atomic E-state index is -0.306. The van der Waals surface area contributed by atoms with Gasteiger partial charge >= 0.3 is 0 Å². The number of rotatable bonds is 4. The highest BCUT2D eigenvalue weighted by molar-refractivity contribution is 5.91. The van der Waals surface area contributed by atoms with Crippen molar-refractivity contribution in [1.29, 1.82) is 0 Å². The number of amides is 1. The number of hydrogen-bond acceptors (Lipinski definition) is 4. The van der Waals surface area contributed by atoms with Crippen molar-refractivity contribution >= 4 is 5.91 Å². The summed E-state index contributed by atoms with van der Waals surface area (Å²) < 4.78 is 0. The normalized spacial score (nSPS) is 10.4. The van der Waals surface area contributed by atoms with Crippen molar-refractivity contribution in [3.8, 4) is 0 Å². The van der Waals surface area contributed by atoms with Crippen molar-refractivity contribution in [2.75, 3.05) is 13.2 Å². The van der Waals surface area contributed by atoms with Crippen LogP contribution < -0.4 is 5.32 Å². The van der Waals surface area contributed by atoms with Crippen LogP contribution >= 0.6 is 0 Å². The molecule has 15 heavy (non-hydrogen) atoms. The van der Waals surface area contributed by atoms with Crippen LogP contribution in [-0.2, 0) is 0 Å². The number of nitrogens with zero attached hydrogens (tertiary/aromatic N) is 2. The molecule has 5 nitrogen and oxygen atoms in total. The van der Waals surface area contributed by atoms with Crippen LogP contribution in [0, 0.1) is 0 Å². The molecule has 1 aromatic heterocycles. The summed E-state index contributed by atoms with van der Waals surface area (Å²) in [5, 5.41) is 11.1. The number of carbonyl (C=O) groups excluding carboxylic acids is 1. The zero-order chi connectivity index (χ0) is 11.3. The first-order chi connectivity index (χ1) is 7.15. The van der Waals surface area contributed by atoms with Gasteiger partial charge in [-0.15, -0.1) is 0 Å². The van der Waals surface area contributed by atoms with E-state index in [1.54, 1.807) is 6.20 Å². The van der Waals surface area contributed by atoms with Gasteiger partial charge in [-0.1, -0.05) is 13.8 Å². The first-order valence-corrected chi connectivity index (χ1v) is 4.86. The molecule has 0 saturated heterocycles. The molecule has 0 unspecified atom stereocenters. The van der Waals surface area contributed by atoms with E-state index in [0.29, 0.717) is 0 Å². The zero-order valence-corrected chi connectivity index (χ0v) is 8.90. The Labute approximate surface area is 88.6 Å². The summed E-state index contributed by atoms with van der Waals surface area (Å²) in [4.78, 5) is 19.6. The molecule has 0 aliphatic rings. The summed E-state index contributed by atoms with van der Waals surface area (Å²) in [7, 11) is 0. The summed E-state index contributed by atoms with van der Waals surface area (Å²) >= 11 is 0. The van der Waals surface area contributed by atoms with Crippen LogP contribution in [0.1, 0.15) is 35.9 Å². The average molecular weight is 209 g/mol. The van der Waals surface area contributed by atoms with E-state index in [0.717, 1.165) is 5.69 Å². The lowest BCUT2D eigenvalue weighted by Gasteiger charge is -2.06. The van der Waals surface area contributed by atoms with Gasteiger partial charge < -0.3 is 10.4 Å². The minimum absolute atomic E-state index is 0.0803. The number of aliphatic hydroxyl groups is 1. The van der Waals surface area contributed by atoms with Gasteiger partial charge in [0.05, 0.1) is 18.5 Å². The van der Waals surface area contributed by atoms with Gasteiger partial charge in [-0.2, -0.15) is 0 Å². The van der Waals surface area contributed by atoms with Crippen LogP contribution in [0.2, 0.25) is 0 Å². The maximum Gasteiger partial charge on any atom is 0.271 e. The van der Waals surface area contributed by atoms with Gasteiger partial charge in [0.2, 0.25) is 0 Å². The van der Waals surface area contributed by atoms with E-state index >= 15 is 0 Å². The van der Waals surface area contributed by atoms with Crippen LogP contribution in [0.25, 0.3) is 0 Å². The van der Waals surface area contributed by atoms with E-state index in [-0.39, 0.29) is 30.7 Å². The molecule has 0 radical (unpaired) electrons. The lowest BCUT2D eigenvalue weighted by Crippen LogP contribution is -2.27. The zero-order valence-electron chi connectivity index (χ0n) is 8.90. The van der Waals surface area contributed by atoms with E-state index in [9.17, 15) is 4.79 Å². The van der Waals surface area contributed by atoms with Gasteiger partial charge in [0.25, 0.3) is 5.91 Å². The SMILES string of the molecule is CC(C)c1cncc(C(=O)NCCO)n1. The number of aromatic nitrogens is 2. The quantitative estimate of drug-likeness (QED) is 0.749. The van der Waals surface area contributed by atoms with Crippen molar-refractivity contribution in [2.45, 2.75) is 19.8 Å². The standard InChI is InChI=1S/C10H15N3O2/c1-7(2)8-5-11-6-9(13-8)10(15)12-3-4-14/h5-7,14H,3-4H2,1-2H3,(H,12,15). The molecule has 0 bridgehead atoms. The second kappa shape index (κ2) is 5.41. The highest BCUT2D eigenvalue weighted by atomic mass is 16.3. The number of aliphatic hydroxyl groups excluding tert-OH is 1. The highest BCUT2D eigenvalue weighted by Crippen LogP contribution is 2.09. The van der Waals surface area contributed by atoms with Crippen LogP contribution in [0.5, 0.6) is 0 Å². The van der Waals surface area contributed by atoms with Gasteiger partial charge in [-0.3, -0.25) is 9.78 Å². The number of nitrogens with one attached hydrogen (secondary N) is 1. The predicted molar refractivity (Wildman–Crippen MR) is 55.5 cm³/mol. The molecule has 1 aromatic rings. The summed E-state index contributed by atoms with van der Waals surface area (Å²) in [6.07, 6.45) is 3.06. The van der Waals surface area contributed by atoms with Gasteiger partial charge in [0.15, 0.2) is 0 Å². The average Bonchev–Trinajstić information content (AvgIpc) is 2.26. The van der Waals surface area contributed by atoms with Crippen molar-refractivity contribution in [3.05, 3.63) is 23.8 Å².